The summed E-state index contributed by atoms with van der Waals surface area (Å²) < 4.78 is 29.4. The van der Waals surface area contributed by atoms with Crippen LogP contribution in [0.4, 0.5) is 0 Å². The van der Waals surface area contributed by atoms with Crippen molar-refractivity contribution in [3.63, 3.8) is 0 Å². The highest BCUT2D eigenvalue weighted by molar-refractivity contribution is 9.10. The Hall–Kier alpha value is -1.37. The molecule has 2 aromatic rings. The molecule has 21 heavy (non-hydrogen) atoms. The number of ether oxygens (including phenoxy) is 1. The van der Waals surface area contributed by atoms with Crippen molar-refractivity contribution >= 4 is 26.0 Å². The van der Waals surface area contributed by atoms with E-state index in [0.717, 1.165) is 12.0 Å². The summed E-state index contributed by atoms with van der Waals surface area (Å²) >= 11 is 3.23. The lowest BCUT2D eigenvalue weighted by Crippen LogP contribution is -2.14. The van der Waals surface area contributed by atoms with Crippen LogP contribution in [0.1, 0.15) is 18.1 Å². The molecule has 0 unspecified atom stereocenters. The van der Waals surface area contributed by atoms with Crippen LogP contribution in [0.25, 0.3) is 0 Å². The van der Waals surface area contributed by atoms with Crippen molar-refractivity contribution in [2.75, 3.05) is 0 Å². The second kappa shape index (κ2) is 6.60. The fraction of sp³-hybridized carbons (Fsp3) is 0.200. The topological polar surface area (TPSA) is 69.4 Å². The van der Waals surface area contributed by atoms with Gasteiger partial charge in [-0.25, -0.2) is 13.6 Å². The van der Waals surface area contributed by atoms with E-state index < -0.39 is 10.0 Å². The van der Waals surface area contributed by atoms with Gasteiger partial charge in [-0.15, -0.1) is 0 Å². The van der Waals surface area contributed by atoms with Crippen molar-refractivity contribution < 1.29 is 13.2 Å². The monoisotopic (exact) mass is 369 g/mol. The molecule has 2 rings (SSSR count). The maximum absolute atomic E-state index is 11.6. The molecule has 0 aromatic heterocycles. The van der Waals surface area contributed by atoms with Gasteiger partial charge in [0.1, 0.15) is 17.3 Å². The van der Waals surface area contributed by atoms with E-state index in [4.69, 9.17) is 9.88 Å². The summed E-state index contributed by atoms with van der Waals surface area (Å²) in [5.74, 6) is 0.250. The normalized spacial score (nSPS) is 11.4. The van der Waals surface area contributed by atoms with Crippen molar-refractivity contribution in [2.45, 2.75) is 24.8 Å². The molecule has 0 heterocycles. The Bertz CT molecular complexity index is 727. The van der Waals surface area contributed by atoms with Crippen molar-refractivity contribution in [1.29, 1.82) is 0 Å². The van der Waals surface area contributed by atoms with Crippen LogP contribution >= 0.6 is 15.9 Å². The lowest BCUT2D eigenvalue weighted by Gasteiger charge is -2.11. The number of aryl methyl sites for hydroxylation is 1. The molecule has 2 N–H and O–H groups in total. The van der Waals surface area contributed by atoms with Gasteiger partial charge in [0.2, 0.25) is 10.0 Å². The maximum Gasteiger partial charge on any atom is 0.241 e. The molecule has 0 spiro atoms. The highest BCUT2D eigenvalue weighted by Crippen LogP contribution is 2.27. The largest absolute Gasteiger partial charge is 0.487 e. The van der Waals surface area contributed by atoms with Crippen LogP contribution in [0.2, 0.25) is 0 Å². The molecule has 0 aliphatic rings. The molecule has 0 saturated heterocycles. The number of benzene rings is 2. The first-order valence-electron chi connectivity index (χ1n) is 6.43. The van der Waals surface area contributed by atoms with Gasteiger partial charge < -0.3 is 4.74 Å². The van der Waals surface area contributed by atoms with Gasteiger partial charge in [0.05, 0.1) is 0 Å². The molecular formula is C15H16BrNO3S. The molecule has 6 heteroatoms. The van der Waals surface area contributed by atoms with Crippen LogP contribution in [0.3, 0.4) is 0 Å². The molecule has 0 saturated carbocycles. The SMILES string of the molecule is CCc1ccc(COc2ccc(Br)cc2S(N)(=O)=O)cc1. The minimum absolute atomic E-state index is 0.0259. The molecule has 0 aliphatic carbocycles. The summed E-state index contributed by atoms with van der Waals surface area (Å²) in [6, 6.07) is 12.7. The van der Waals surface area contributed by atoms with Gasteiger partial charge in [-0.2, -0.15) is 0 Å². The average Bonchev–Trinajstić information content (AvgIpc) is 2.45. The van der Waals surface area contributed by atoms with E-state index in [2.05, 4.69) is 22.9 Å². The Labute approximate surface area is 133 Å². The Morgan fingerprint density at radius 1 is 1.10 bits per heavy atom. The highest BCUT2D eigenvalue weighted by Gasteiger charge is 2.15. The number of hydrogen-bond acceptors (Lipinski definition) is 3. The third-order valence-corrected chi connectivity index (χ3v) is 4.46. The lowest BCUT2D eigenvalue weighted by atomic mass is 10.1. The van der Waals surface area contributed by atoms with Gasteiger partial charge in [-0.1, -0.05) is 47.1 Å². The third kappa shape index (κ3) is 4.30. The summed E-state index contributed by atoms with van der Waals surface area (Å²) in [4.78, 5) is -0.0259. The zero-order valence-corrected chi connectivity index (χ0v) is 13.9. The number of rotatable bonds is 5. The number of halogens is 1. The van der Waals surface area contributed by atoms with Crippen molar-refractivity contribution in [1.82, 2.24) is 0 Å². The summed E-state index contributed by atoms with van der Waals surface area (Å²) in [5.41, 5.74) is 2.21. The highest BCUT2D eigenvalue weighted by atomic mass is 79.9. The lowest BCUT2D eigenvalue weighted by molar-refractivity contribution is 0.298. The molecule has 0 amide bonds. The van der Waals surface area contributed by atoms with Crippen molar-refractivity contribution in [3.8, 4) is 5.75 Å². The second-order valence-corrected chi connectivity index (χ2v) is 7.04. The first-order chi connectivity index (χ1) is 9.90. The van der Waals surface area contributed by atoms with Gasteiger partial charge in [-0.3, -0.25) is 0 Å². The fourth-order valence-electron chi connectivity index (χ4n) is 1.86. The number of sulfonamides is 1. The van der Waals surface area contributed by atoms with Crippen LogP contribution in [0, 0.1) is 0 Å². The predicted molar refractivity (Wildman–Crippen MR) is 85.7 cm³/mol. The standard InChI is InChI=1S/C15H16BrNO3S/c1-2-11-3-5-12(6-4-11)10-20-14-8-7-13(16)9-15(14)21(17,18)19/h3-9H,2,10H2,1H3,(H2,17,18,19). The van der Waals surface area contributed by atoms with E-state index in [9.17, 15) is 8.42 Å². The minimum atomic E-state index is -3.83. The van der Waals surface area contributed by atoms with Crippen molar-refractivity contribution in [3.05, 3.63) is 58.1 Å². The summed E-state index contributed by atoms with van der Waals surface area (Å²) in [7, 11) is -3.83. The number of primary sulfonamides is 1. The van der Waals surface area contributed by atoms with Crippen molar-refractivity contribution in [2.24, 2.45) is 5.14 Å². The van der Waals surface area contributed by atoms with E-state index in [0.29, 0.717) is 4.47 Å². The fourth-order valence-corrected chi connectivity index (χ4v) is 3.07. The minimum Gasteiger partial charge on any atom is -0.487 e. The Morgan fingerprint density at radius 2 is 1.71 bits per heavy atom. The molecule has 0 aliphatic heterocycles. The predicted octanol–water partition coefficient (Wildman–Crippen LogP) is 3.24. The van der Waals surface area contributed by atoms with Gasteiger partial charge >= 0.3 is 0 Å². The first-order valence-corrected chi connectivity index (χ1v) is 8.77. The molecule has 4 nitrogen and oxygen atoms in total. The maximum atomic E-state index is 11.6. The van der Waals surface area contributed by atoms with Gasteiger partial charge in [0.15, 0.2) is 0 Å². The Kier molecular flexibility index (Phi) is 5.03. The van der Waals surface area contributed by atoms with E-state index >= 15 is 0 Å². The molecular weight excluding hydrogens is 354 g/mol. The Morgan fingerprint density at radius 3 is 2.29 bits per heavy atom. The Balaban J connectivity index is 2.19. The summed E-state index contributed by atoms with van der Waals surface area (Å²) in [5, 5.41) is 5.20. The summed E-state index contributed by atoms with van der Waals surface area (Å²) in [6.45, 7) is 2.37. The second-order valence-electron chi connectivity index (χ2n) is 4.59. The van der Waals surface area contributed by atoms with Gasteiger partial charge in [0.25, 0.3) is 0 Å². The number of hydrogen-bond donors (Lipinski definition) is 1. The van der Waals surface area contributed by atoms with Crippen LogP contribution in [0.5, 0.6) is 5.75 Å². The molecule has 2 aromatic carbocycles. The number of nitrogens with two attached hydrogens (primary N) is 1. The van der Waals surface area contributed by atoms with Crippen LogP contribution in [-0.2, 0) is 23.1 Å². The zero-order valence-electron chi connectivity index (χ0n) is 11.5. The van der Waals surface area contributed by atoms with E-state index in [1.807, 2.05) is 24.3 Å². The van der Waals surface area contributed by atoms with Crippen LogP contribution in [0.15, 0.2) is 51.8 Å². The summed E-state index contributed by atoms with van der Waals surface area (Å²) in [6.07, 6.45) is 0.976. The van der Waals surface area contributed by atoms with Gasteiger partial charge in [0, 0.05) is 4.47 Å². The molecule has 0 bridgehead atoms. The molecule has 112 valence electrons. The van der Waals surface area contributed by atoms with E-state index in [1.165, 1.54) is 11.6 Å². The van der Waals surface area contributed by atoms with Crippen LogP contribution < -0.4 is 9.88 Å². The zero-order chi connectivity index (χ0) is 15.5. The van der Waals surface area contributed by atoms with Gasteiger partial charge in [-0.05, 0) is 35.7 Å². The first kappa shape index (κ1) is 16.0. The molecule has 0 radical (unpaired) electrons. The van der Waals surface area contributed by atoms with E-state index in [1.54, 1.807) is 12.1 Å². The smallest absolute Gasteiger partial charge is 0.241 e. The van der Waals surface area contributed by atoms with Crippen LogP contribution in [-0.4, -0.2) is 8.42 Å². The molecule has 0 fully saturated rings. The average molecular weight is 370 g/mol. The quantitative estimate of drug-likeness (QED) is 0.879. The third-order valence-electron chi connectivity index (χ3n) is 3.04. The molecule has 0 atom stereocenters. The van der Waals surface area contributed by atoms with E-state index in [-0.39, 0.29) is 17.3 Å².